The molecule has 2 aromatic heterocycles. The van der Waals surface area contributed by atoms with Crippen molar-refractivity contribution in [1.82, 2.24) is 34.8 Å². The van der Waals surface area contributed by atoms with E-state index in [1.807, 2.05) is 6.20 Å². The Hall–Kier alpha value is -1.90. The Morgan fingerprint density at radius 1 is 1.10 bits per heavy atom. The molecule has 0 aromatic carbocycles. The maximum Gasteiger partial charge on any atom is 0.0967 e. The molecule has 8 heteroatoms. The molecule has 3 aliphatic rings. The summed E-state index contributed by atoms with van der Waals surface area (Å²) in [5.74, 6) is 2.14. The van der Waals surface area contributed by atoms with E-state index in [9.17, 15) is 0 Å². The average Bonchev–Trinajstić information content (AvgIpc) is 3.31. The van der Waals surface area contributed by atoms with Gasteiger partial charge < -0.3 is 9.64 Å². The number of aromatic nitrogens is 5. The molecule has 0 bridgehead atoms. The zero-order valence-corrected chi connectivity index (χ0v) is 18.1. The van der Waals surface area contributed by atoms with Gasteiger partial charge in [-0.2, -0.15) is 0 Å². The zero-order chi connectivity index (χ0) is 20.5. The van der Waals surface area contributed by atoms with Crippen molar-refractivity contribution in [2.75, 3.05) is 33.8 Å². The highest BCUT2D eigenvalue weighted by Gasteiger charge is 2.44. The molecule has 2 aliphatic carbocycles. The highest BCUT2D eigenvalue weighted by molar-refractivity contribution is 5.01. The van der Waals surface area contributed by atoms with Crippen molar-refractivity contribution >= 4 is 0 Å². The van der Waals surface area contributed by atoms with E-state index < -0.39 is 0 Å². The van der Waals surface area contributed by atoms with Gasteiger partial charge in [0.1, 0.15) is 0 Å². The Bertz CT molecular complexity index is 822. The minimum atomic E-state index is 0.234. The van der Waals surface area contributed by atoms with Crippen LogP contribution in [0, 0.1) is 17.8 Å². The van der Waals surface area contributed by atoms with E-state index in [1.165, 1.54) is 12.8 Å². The summed E-state index contributed by atoms with van der Waals surface area (Å²) in [4.78, 5) is 13.4. The fourth-order valence-corrected chi connectivity index (χ4v) is 5.13. The molecule has 5 rings (SSSR count). The molecule has 0 unspecified atom stereocenters. The van der Waals surface area contributed by atoms with Gasteiger partial charge in [0.2, 0.25) is 0 Å². The van der Waals surface area contributed by atoms with Crippen LogP contribution in [0.15, 0.2) is 24.8 Å². The van der Waals surface area contributed by atoms with Gasteiger partial charge in [-0.05, 0) is 57.5 Å². The molecule has 3 fully saturated rings. The summed E-state index contributed by atoms with van der Waals surface area (Å²) in [6, 6.07) is 0.282. The van der Waals surface area contributed by atoms with Gasteiger partial charge in [0, 0.05) is 51.4 Å². The Morgan fingerprint density at radius 3 is 2.67 bits per heavy atom. The van der Waals surface area contributed by atoms with Gasteiger partial charge in [0.05, 0.1) is 29.7 Å². The van der Waals surface area contributed by atoms with Crippen LogP contribution in [0.1, 0.15) is 43.1 Å². The lowest BCUT2D eigenvalue weighted by Crippen LogP contribution is -2.38. The third kappa shape index (κ3) is 4.71. The van der Waals surface area contributed by atoms with E-state index >= 15 is 0 Å². The summed E-state index contributed by atoms with van der Waals surface area (Å²) in [5.41, 5.74) is 2.08. The van der Waals surface area contributed by atoms with Crippen LogP contribution in [0.4, 0.5) is 0 Å². The van der Waals surface area contributed by atoms with Crippen molar-refractivity contribution in [2.45, 2.75) is 50.9 Å². The quantitative estimate of drug-likeness (QED) is 0.658. The average molecular weight is 412 g/mol. The molecule has 30 heavy (non-hydrogen) atoms. The molecule has 0 amide bonds. The molecule has 2 aromatic rings. The molecule has 0 N–H and O–H groups in total. The van der Waals surface area contributed by atoms with Crippen LogP contribution in [0.3, 0.4) is 0 Å². The molecule has 2 saturated carbocycles. The topological polar surface area (TPSA) is 72.2 Å². The lowest BCUT2D eigenvalue weighted by Gasteiger charge is -2.37. The molecule has 1 saturated heterocycles. The van der Waals surface area contributed by atoms with E-state index in [0.717, 1.165) is 62.9 Å². The van der Waals surface area contributed by atoms with E-state index in [2.05, 4.69) is 55.1 Å². The van der Waals surface area contributed by atoms with Crippen LogP contribution < -0.4 is 0 Å². The Balaban J connectivity index is 1.28. The molecular formula is C22H33N7O. The zero-order valence-electron chi connectivity index (χ0n) is 18.1. The van der Waals surface area contributed by atoms with Crippen LogP contribution in [0.2, 0.25) is 0 Å². The molecule has 0 radical (unpaired) electrons. The second kappa shape index (κ2) is 8.69. The number of hydrogen-bond acceptors (Lipinski definition) is 7. The van der Waals surface area contributed by atoms with Crippen molar-refractivity contribution in [3.63, 3.8) is 0 Å². The Labute approximate surface area is 178 Å². The normalized spacial score (nSPS) is 29.4. The fourth-order valence-electron chi connectivity index (χ4n) is 5.13. The summed E-state index contributed by atoms with van der Waals surface area (Å²) in [7, 11) is 4.13. The smallest absolute Gasteiger partial charge is 0.0967 e. The van der Waals surface area contributed by atoms with E-state index in [4.69, 9.17) is 4.74 Å². The maximum absolute atomic E-state index is 6.49. The SMILES string of the molecule is CN(C)Cc1cn([C@@H]2C[C@@H]3CN(Cc4cnccn4)C[C@@H]3C[C@H]2OCC2CC2)nn1. The Morgan fingerprint density at radius 2 is 1.93 bits per heavy atom. The van der Waals surface area contributed by atoms with Gasteiger partial charge in [-0.25, -0.2) is 4.68 Å². The summed E-state index contributed by atoms with van der Waals surface area (Å²) < 4.78 is 8.58. The van der Waals surface area contributed by atoms with Gasteiger partial charge in [0.15, 0.2) is 0 Å². The first-order chi connectivity index (χ1) is 14.6. The fraction of sp³-hybridized carbons (Fsp3) is 0.727. The highest BCUT2D eigenvalue weighted by Crippen LogP contribution is 2.43. The largest absolute Gasteiger partial charge is 0.376 e. The van der Waals surface area contributed by atoms with E-state index in [1.54, 1.807) is 12.4 Å². The summed E-state index contributed by atoms with van der Waals surface area (Å²) >= 11 is 0. The first-order valence-electron chi connectivity index (χ1n) is 11.3. The molecular weight excluding hydrogens is 378 g/mol. The van der Waals surface area contributed by atoms with E-state index in [-0.39, 0.29) is 12.1 Å². The van der Waals surface area contributed by atoms with E-state index in [0.29, 0.717) is 11.8 Å². The molecule has 3 heterocycles. The maximum atomic E-state index is 6.49. The van der Waals surface area contributed by atoms with Crippen LogP contribution >= 0.6 is 0 Å². The van der Waals surface area contributed by atoms with Crippen molar-refractivity contribution in [2.24, 2.45) is 17.8 Å². The number of likely N-dealkylation sites (tertiary alicyclic amines) is 1. The van der Waals surface area contributed by atoms with Crippen LogP contribution in [-0.2, 0) is 17.8 Å². The number of nitrogens with zero attached hydrogens (tertiary/aromatic N) is 7. The predicted octanol–water partition coefficient (Wildman–Crippen LogP) is 2.01. The lowest BCUT2D eigenvalue weighted by atomic mass is 9.77. The third-order valence-electron chi connectivity index (χ3n) is 6.78. The van der Waals surface area contributed by atoms with Gasteiger partial charge >= 0.3 is 0 Å². The first-order valence-corrected chi connectivity index (χ1v) is 11.3. The second-order valence-corrected chi connectivity index (χ2v) is 9.69. The van der Waals surface area contributed by atoms with Crippen LogP contribution in [-0.4, -0.2) is 74.7 Å². The Kier molecular flexibility index (Phi) is 5.80. The standard InChI is InChI=1S/C22H33N7O/c1-27(2)12-20-14-29(26-25-20)21-7-17-10-28(13-19-9-23-5-6-24-19)11-18(17)8-22(21)30-15-16-3-4-16/h5-6,9,14,16-18,21-22H,3-4,7-8,10-13,15H2,1-2H3/t17-,18+,21-,22-/m1/s1. The van der Waals surface area contributed by atoms with Gasteiger partial charge in [-0.15, -0.1) is 5.10 Å². The monoisotopic (exact) mass is 411 g/mol. The highest BCUT2D eigenvalue weighted by atomic mass is 16.5. The second-order valence-electron chi connectivity index (χ2n) is 9.69. The minimum absolute atomic E-state index is 0.234. The minimum Gasteiger partial charge on any atom is -0.376 e. The van der Waals surface area contributed by atoms with Crippen molar-refractivity contribution < 1.29 is 4.74 Å². The van der Waals surface area contributed by atoms with Crippen molar-refractivity contribution in [3.05, 3.63) is 36.2 Å². The van der Waals surface area contributed by atoms with Gasteiger partial charge in [-0.3, -0.25) is 14.9 Å². The number of fused-ring (bicyclic) bond motifs is 1. The predicted molar refractivity (Wildman–Crippen MR) is 112 cm³/mol. The molecule has 162 valence electrons. The number of hydrogen-bond donors (Lipinski definition) is 0. The van der Waals surface area contributed by atoms with Gasteiger partial charge in [-0.1, -0.05) is 5.21 Å². The molecule has 8 nitrogen and oxygen atoms in total. The summed E-state index contributed by atoms with van der Waals surface area (Å²) in [6.07, 6.45) is 12.6. The van der Waals surface area contributed by atoms with Crippen molar-refractivity contribution in [3.8, 4) is 0 Å². The molecule has 4 atom stereocenters. The van der Waals surface area contributed by atoms with Crippen molar-refractivity contribution in [1.29, 1.82) is 0 Å². The summed E-state index contributed by atoms with van der Waals surface area (Å²) in [6.45, 7) is 4.85. The third-order valence-corrected chi connectivity index (χ3v) is 6.78. The number of rotatable bonds is 8. The molecule has 1 aliphatic heterocycles. The van der Waals surface area contributed by atoms with Crippen LogP contribution in [0.5, 0.6) is 0 Å². The van der Waals surface area contributed by atoms with Crippen LogP contribution in [0.25, 0.3) is 0 Å². The summed E-state index contributed by atoms with van der Waals surface area (Å²) in [5, 5.41) is 8.93. The number of ether oxygens (including phenoxy) is 1. The molecule has 0 spiro atoms. The first kappa shape index (κ1) is 20.0. The van der Waals surface area contributed by atoms with Gasteiger partial charge in [0.25, 0.3) is 0 Å². The lowest BCUT2D eigenvalue weighted by molar-refractivity contribution is -0.0375.